The van der Waals surface area contributed by atoms with Crippen LogP contribution in [0.5, 0.6) is 0 Å². The molecule has 1 amide bonds. The highest BCUT2D eigenvalue weighted by atomic mass is 79.9. The number of halogens is 1. The third-order valence-electron chi connectivity index (χ3n) is 2.82. The second kappa shape index (κ2) is 7.46. The lowest BCUT2D eigenvalue weighted by molar-refractivity contribution is -0.125. The van der Waals surface area contributed by atoms with E-state index in [1.54, 1.807) is 12.4 Å². The predicted octanol–water partition coefficient (Wildman–Crippen LogP) is 3.24. The minimum atomic E-state index is -0.158. The molecular formula is C13H20BrN3O. The number of unbranched alkanes of at least 4 members (excludes halogenated alkanes) is 1. The second-order valence-corrected chi connectivity index (χ2v) is 5.45. The van der Waals surface area contributed by atoms with Gasteiger partial charge in [0.15, 0.2) is 0 Å². The minimum absolute atomic E-state index is 0.0443. The number of hydrogen-bond acceptors (Lipinski definition) is 3. The molecule has 1 aromatic heterocycles. The van der Waals surface area contributed by atoms with Crippen molar-refractivity contribution in [3.63, 3.8) is 0 Å². The largest absolute Gasteiger partial charge is 0.346 e. The van der Waals surface area contributed by atoms with Gasteiger partial charge in [-0.15, -0.1) is 0 Å². The van der Waals surface area contributed by atoms with E-state index in [1.165, 1.54) is 0 Å². The third kappa shape index (κ3) is 4.72. The van der Waals surface area contributed by atoms with Crippen LogP contribution >= 0.6 is 15.9 Å². The average Bonchev–Trinajstić information content (AvgIpc) is 2.36. The van der Waals surface area contributed by atoms with Crippen LogP contribution in [0.4, 0.5) is 0 Å². The van der Waals surface area contributed by atoms with Gasteiger partial charge >= 0.3 is 0 Å². The fraction of sp³-hybridized carbons (Fsp3) is 0.615. The van der Waals surface area contributed by atoms with Crippen molar-refractivity contribution >= 4 is 21.8 Å². The molecule has 100 valence electrons. The molecule has 0 spiro atoms. The number of nitrogens with zero attached hydrogens (tertiary/aromatic N) is 2. The van der Waals surface area contributed by atoms with Crippen LogP contribution in [0.3, 0.4) is 0 Å². The molecule has 1 heterocycles. The van der Waals surface area contributed by atoms with Gasteiger partial charge in [0.2, 0.25) is 5.91 Å². The maximum atomic E-state index is 11.9. The Bertz CT molecular complexity index is 380. The zero-order valence-corrected chi connectivity index (χ0v) is 12.7. The summed E-state index contributed by atoms with van der Waals surface area (Å²) in [5, 5.41) is 2.95. The molecule has 0 aromatic carbocycles. The van der Waals surface area contributed by atoms with Crippen LogP contribution in [0.15, 0.2) is 16.9 Å². The van der Waals surface area contributed by atoms with Gasteiger partial charge in [-0.1, -0.05) is 26.7 Å². The second-order valence-electron chi connectivity index (χ2n) is 4.53. The van der Waals surface area contributed by atoms with Crippen molar-refractivity contribution < 1.29 is 4.79 Å². The highest BCUT2D eigenvalue weighted by Crippen LogP contribution is 2.13. The number of amides is 1. The van der Waals surface area contributed by atoms with Crippen molar-refractivity contribution in [2.24, 2.45) is 5.92 Å². The highest BCUT2D eigenvalue weighted by molar-refractivity contribution is 9.10. The van der Waals surface area contributed by atoms with Crippen molar-refractivity contribution in [3.8, 4) is 0 Å². The average molecular weight is 314 g/mol. The summed E-state index contributed by atoms with van der Waals surface area (Å²) < 4.78 is 0.834. The fourth-order valence-corrected chi connectivity index (χ4v) is 1.81. The van der Waals surface area contributed by atoms with Crippen molar-refractivity contribution in [3.05, 3.63) is 22.7 Å². The Balaban J connectivity index is 2.51. The first-order valence-corrected chi connectivity index (χ1v) is 7.11. The lowest BCUT2D eigenvalue weighted by Gasteiger charge is -2.16. The Morgan fingerprint density at radius 2 is 2.00 bits per heavy atom. The summed E-state index contributed by atoms with van der Waals surface area (Å²) in [5.41, 5.74) is 0. The van der Waals surface area contributed by atoms with Gasteiger partial charge in [-0.3, -0.25) is 4.79 Å². The number of carbonyl (C=O) groups excluding carboxylic acids is 1. The van der Waals surface area contributed by atoms with Gasteiger partial charge in [0, 0.05) is 18.3 Å². The Morgan fingerprint density at radius 1 is 1.39 bits per heavy atom. The minimum Gasteiger partial charge on any atom is -0.346 e. The van der Waals surface area contributed by atoms with E-state index in [0.717, 1.165) is 23.7 Å². The zero-order chi connectivity index (χ0) is 13.5. The van der Waals surface area contributed by atoms with E-state index in [-0.39, 0.29) is 17.9 Å². The van der Waals surface area contributed by atoms with E-state index in [1.807, 2.05) is 13.8 Å². The van der Waals surface area contributed by atoms with E-state index in [4.69, 9.17) is 0 Å². The molecule has 18 heavy (non-hydrogen) atoms. The van der Waals surface area contributed by atoms with Crippen LogP contribution in [0.2, 0.25) is 0 Å². The molecule has 0 aliphatic rings. The van der Waals surface area contributed by atoms with Crippen molar-refractivity contribution in [2.75, 3.05) is 0 Å². The van der Waals surface area contributed by atoms with Gasteiger partial charge in [0.25, 0.3) is 0 Å². The first-order valence-electron chi connectivity index (χ1n) is 6.32. The Hall–Kier alpha value is -0.970. The topological polar surface area (TPSA) is 54.9 Å². The zero-order valence-electron chi connectivity index (χ0n) is 11.1. The van der Waals surface area contributed by atoms with Gasteiger partial charge in [-0.05, 0) is 29.3 Å². The number of nitrogens with one attached hydrogen (secondary N) is 1. The normalized spacial score (nSPS) is 14.0. The summed E-state index contributed by atoms with van der Waals surface area (Å²) in [7, 11) is 0. The molecule has 1 N–H and O–H groups in total. The SMILES string of the molecule is CCCCC(C)C(=O)NC(C)c1ncc(Br)cn1. The van der Waals surface area contributed by atoms with E-state index in [0.29, 0.717) is 5.82 Å². The van der Waals surface area contributed by atoms with Gasteiger partial charge in [-0.25, -0.2) is 9.97 Å². The van der Waals surface area contributed by atoms with Crippen LogP contribution < -0.4 is 5.32 Å². The third-order valence-corrected chi connectivity index (χ3v) is 3.23. The van der Waals surface area contributed by atoms with Gasteiger partial charge in [0.05, 0.1) is 10.5 Å². The quantitative estimate of drug-likeness (QED) is 0.877. The first kappa shape index (κ1) is 15.1. The Kier molecular flexibility index (Phi) is 6.25. The molecule has 0 fully saturated rings. The van der Waals surface area contributed by atoms with Gasteiger partial charge in [-0.2, -0.15) is 0 Å². The molecule has 0 saturated heterocycles. The highest BCUT2D eigenvalue weighted by Gasteiger charge is 2.16. The number of carbonyl (C=O) groups is 1. The molecular weight excluding hydrogens is 294 g/mol. The summed E-state index contributed by atoms with van der Waals surface area (Å²) in [6.07, 6.45) is 6.49. The summed E-state index contributed by atoms with van der Waals surface area (Å²) in [5.74, 6) is 0.750. The number of rotatable bonds is 6. The van der Waals surface area contributed by atoms with Crippen LogP contribution in [0.1, 0.15) is 51.9 Å². The molecule has 1 aromatic rings. The summed E-state index contributed by atoms with van der Waals surface area (Å²) in [6.45, 7) is 5.98. The van der Waals surface area contributed by atoms with Crippen molar-refractivity contribution in [2.45, 2.75) is 46.1 Å². The lowest BCUT2D eigenvalue weighted by atomic mass is 10.0. The first-order chi connectivity index (χ1) is 8.54. The molecule has 0 saturated carbocycles. The Morgan fingerprint density at radius 3 is 2.56 bits per heavy atom. The molecule has 0 aliphatic heterocycles. The van der Waals surface area contributed by atoms with E-state index >= 15 is 0 Å². The molecule has 2 unspecified atom stereocenters. The van der Waals surface area contributed by atoms with E-state index in [2.05, 4.69) is 38.1 Å². The van der Waals surface area contributed by atoms with Crippen LogP contribution in [0, 0.1) is 5.92 Å². The molecule has 1 rings (SSSR count). The van der Waals surface area contributed by atoms with Crippen LogP contribution in [0.25, 0.3) is 0 Å². The van der Waals surface area contributed by atoms with Crippen molar-refractivity contribution in [1.29, 1.82) is 0 Å². The molecule has 0 bridgehead atoms. The monoisotopic (exact) mass is 313 g/mol. The molecule has 0 radical (unpaired) electrons. The summed E-state index contributed by atoms with van der Waals surface area (Å²) >= 11 is 3.28. The smallest absolute Gasteiger partial charge is 0.223 e. The van der Waals surface area contributed by atoms with Gasteiger partial charge < -0.3 is 5.32 Å². The maximum absolute atomic E-state index is 11.9. The van der Waals surface area contributed by atoms with Gasteiger partial charge in [0.1, 0.15) is 5.82 Å². The molecule has 4 nitrogen and oxygen atoms in total. The Labute approximate surface area is 117 Å². The maximum Gasteiger partial charge on any atom is 0.223 e. The predicted molar refractivity (Wildman–Crippen MR) is 75.0 cm³/mol. The molecule has 5 heteroatoms. The molecule has 0 aliphatic carbocycles. The number of aromatic nitrogens is 2. The number of hydrogen-bond donors (Lipinski definition) is 1. The van der Waals surface area contributed by atoms with E-state index in [9.17, 15) is 4.79 Å². The molecule has 2 atom stereocenters. The summed E-state index contributed by atoms with van der Waals surface area (Å²) in [6, 6.07) is -0.158. The van der Waals surface area contributed by atoms with Crippen LogP contribution in [-0.2, 0) is 4.79 Å². The summed E-state index contributed by atoms with van der Waals surface area (Å²) in [4.78, 5) is 20.3. The standard InChI is InChI=1S/C13H20BrN3O/c1-4-5-6-9(2)13(18)17-10(3)12-15-7-11(14)8-16-12/h7-10H,4-6H2,1-3H3,(H,17,18). The lowest BCUT2D eigenvalue weighted by Crippen LogP contribution is -2.32. The fourth-order valence-electron chi connectivity index (χ4n) is 1.61. The van der Waals surface area contributed by atoms with E-state index < -0.39 is 0 Å². The van der Waals surface area contributed by atoms with Crippen molar-refractivity contribution in [1.82, 2.24) is 15.3 Å². The van der Waals surface area contributed by atoms with Crippen LogP contribution in [-0.4, -0.2) is 15.9 Å².